The number of hydrogen-bond acceptors (Lipinski definition) is 4. The number of nitrogens with one attached hydrogen (secondary N) is 2. The molecule has 0 radical (unpaired) electrons. The van der Waals surface area contributed by atoms with Crippen LogP contribution in [0.3, 0.4) is 0 Å². The summed E-state index contributed by atoms with van der Waals surface area (Å²) < 4.78 is 2.33. The molecule has 31 heavy (non-hydrogen) atoms. The minimum absolute atomic E-state index is 0. The quantitative estimate of drug-likeness (QED) is 0.249. The van der Waals surface area contributed by atoms with Crippen LogP contribution in [-0.2, 0) is 24.2 Å². The molecule has 3 heterocycles. The van der Waals surface area contributed by atoms with Gasteiger partial charge in [0.1, 0.15) is 11.6 Å². The van der Waals surface area contributed by atoms with E-state index in [0.717, 1.165) is 82.3 Å². The Kier molecular flexibility index (Phi) is 9.40. The Morgan fingerprint density at radius 1 is 1.10 bits per heavy atom. The van der Waals surface area contributed by atoms with Gasteiger partial charge < -0.3 is 20.1 Å². The minimum atomic E-state index is 0. The van der Waals surface area contributed by atoms with Crippen LogP contribution in [0.25, 0.3) is 0 Å². The molecule has 1 amide bonds. The number of halogens is 1. The van der Waals surface area contributed by atoms with Crippen LogP contribution in [0, 0.1) is 5.92 Å². The molecule has 1 aliphatic carbocycles. The number of hydrogen-bond donors (Lipinski definition) is 2. The summed E-state index contributed by atoms with van der Waals surface area (Å²) in [6.45, 7) is 3.56. The Morgan fingerprint density at radius 2 is 1.94 bits per heavy atom. The summed E-state index contributed by atoms with van der Waals surface area (Å²) in [6, 6.07) is 0.286. The molecule has 2 aliphatic heterocycles. The highest BCUT2D eigenvalue weighted by molar-refractivity contribution is 14.0. The average Bonchev–Trinajstić information content (AvgIpc) is 3.49. The number of guanidine groups is 1. The molecule has 1 unspecified atom stereocenters. The molecule has 2 fully saturated rings. The van der Waals surface area contributed by atoms with Crippen LogP contribution in [0.2, 0.25) is 0 Å². The van der Waals surface area contributed by atoms with Gasteiger partial charge in [-0.3, -0.25) is 9.79 Å². The molecule has 4 rings (SSSR count). The fourth-order valence-electron chi connectivity index (χ4n) is 5.08. The van der Waals surface area contributed by atoms with Crippen LogP contribution >= 0.6 is 24.0 Å². The summed E-state index contributed by atoms with van der Waals surface area (Å²) in [5.74, 6) is 3.75. The van der Waals surface area contributed by atoms with Gasteiger partial charge in [-0.1, -0.05) is 19.3 Å². The molecular weight excluding hydrogens is 505 g/mol. The van der Waals surface area contributed by atoms with Crippen LogP contribution < -0.4 is 10.6 Å². The van der Waals surface area contributed by atoms with Gasteiger partial charge in [-0.05, 0) is 38.5 Å². The number of fused-ring (bicyclic) bond motifs is 1. The Labute approximate surface area is 203 Å². The molecule has 174 valence electrons. The third-order valence-electron chi connectivity index (χ3n) is 6.82. The summed E-state index contributed by atoms with van der Waals surface area (Å²) in [7, 11) is 1.81. The SMILES string of the molecule is CN=C(NCCCc1nnc2n1CCCCC2)NC1CCN(C(=O)C2CCCC2)C1.I. The highest BCUT2D eigenvalue weighted by Gasteiger charge is 2.32. The molecule has 0 aromatic carbocycles. The van der Waals surface area contributed by atoms with E-state index in [0.29, 0.717) is 5.91 Å². The normalized spacial score (nSPS) is 22.0. The van der Waals surface area contributed by atoms with E-state index in [1.54, 1.807) is 0 Å². The summed E-state index contributed by atoms with van der Waals surface area (Å²) >= 11 is 0. The van der Waals surface area contributed by atoms with E-state index in [4.69, 9.17) is 0 Å². The summed E-state index contributed by atoms with van der Waals surface area (Å²) in [6.07, 6.45) is 12.3. The third kappa shape index (κ3) is 6.32. The lowest BCUT2D eigenvalue weighted by Gasteiger charge is -2.21. The first-order valence-electron chi connectivity index (χ1n) is 11.9. The van der Waals surface area contributed by atoms with Crippen molar-refractivity contribution in [3.63, 3.8) is 0 Å². The molecule has 0 bridgehead atoms. The number of aromatic nitrogens is 3. The van der Waals surface area contributed by atoms with Crippen LogP contribution in [0.4, 0.5) is 0 Å². The maximum Gasteiger partial charge on any atom is 0.225 e. The van der Waals surface area contributed by atoms with E-state index in [9.17, 15) is 4.79 Å². The maximum absolute atomic E-state index is 12.6. The lowest BCUT2D eigenvalue weighted by atomic mass is 10.1. The van der Waals surface area contributed by atoms with E-state index >= 15 is 0 Å². The second kappa shape index (κ2) is 12.0. The van der Waals surface area contributed by atoms with Gasteiger partial charge in [-0.15, -0.1) is 34.2 Å². The summed E-state index contributed by atoms with van der Waals surface area (Å²) in [5.41, 5.74) is 0. The van der Waals surface area contributed by atoms with E-state index in [1.165, 1.54) is 32.1 Å². The monoisotopic (exact) mass is 543 g/mol. The summed E-state index contributed by atoms with van der Waals surface area (Å²) in [5, 5.41) is 15.7. The zero-order chi connectivity index (χ0) is 20.8. The molecule has 1 saturated carbocycles. The predicted octanol–water partition coefficient (Wildman–Crippen LogP) is 2.51. The van der Waals surface area contributed by atoms with Gasteiger partial charge in [0, 0.05) is 58.0 Å². The van der Waals surface area contributed by atoms with Gasteiger partial charge in [-0.25, -0.2) is 0 Å². The highest BCUT2D eigenvalue weighted by Crippen LogP contribution is 2.27. The van der Waals surface area contributed by atoms with Crippen molar-refractivity contribution in [3.8, 4) is 0 Å². The number of likely N-dealkylation sites (tertiary alicyclic amines) is 1. The molecule has 3 aliphatic rings. The number of aryl methyl sites for hydroxylation is 2. The Hall–Kier alpha value is -1.39. The second-order valence-corrected chi connectivity index (χ2v) is 8.99. The second-order valence-electron chi connectivity index (χ2n) is 8.99. The van der Waals surface area contributed by atoms with Crippen molar-refractivity contribution in [2.24, 2.45) is 10.9 Å². The molecule has 1 aromatic rings. The molecular formula is C22H38IN7O. The fraction of sp³-hybridized carbons (Fsp3) is 0.818. The van der Waals surface area contributed by atoms with Crippen molar-refractivity contribution in [2.75, 3.05) is 26.7 Å². The van der Waals surface area contributed by atoms with Crippen LogP contribution in [0.15, 0.2) is 4.99 Å². The lowest BCUT2D eigenvalue weighted by Crippen LogP contribution is -2.45. The van der Waals surface area contributed by atoms with E-state index in [-0.39, 0.29) is 35.9 Å². The van der Waals surface area contributed by atoms with Crippen molar-refractivity contribution in [3.05, 3.63) is 11.6 Å². The molecule has 2 N–H and O–H groups in total. The van der Waals surface area contributed by atoms with E-state index < -0.39 is 0 Å². The Bertz CT molecular complexity index is 744. The van der Waals surface area contributed by atoms with Crippen LogP contribution in [0.1, 0.15) is 69.4 Å². The number of carbonyl (C=O) groups is 1. The van der Waals surface area contributed by atoms with Crippen molar-refractivity contribution in [2.45, 2.75) is 83.2 Å². The zero-order valence-electron chi connectivity index (χ0n) is 18.8. The third-order valence-corrected chi connectivity index (χ3v) is 6.82. The lowest BCUT2D eigenvalue weighted by molar-refractivity contribution is -0.134. The van der Waals surface area contributed by atoms with Crippen molar-refractivity contribution in [1.82, 2.24) is 30.3 Å². The minimum Gasteiger partial charge on any atom is -0.356 e. The molecule has 1 aromatic heterocycles. The highest BCUT2D eigenvalue weighted by atomic mass is 127. The average molecular weight is 543 g/mol. The molecule has 9 heteroatoms. The van der Waals surface area contributed by atoms with Crippen molar-refractivity contribution < 1.29 is 4.79 Å². The first-order valence-corrected chi connectivity index (χ1v) is 11.9. The smallest absolute Gasteiger partial charge is 0.225 e. The predicted molar refractivity (Wildman–Crippen MR) is 133 cm³/mol. The van der Waals surface area contributed by atoms with Gasteiger partial charge in [0.05, 0.1) is 0 Å². The van der Waals surface area contributed by atoms with Gasteiger partial charge in [0.25, 0.3) is 0 Å². The first-order chi connectivity index (χ1) is 14.7. The number of rotatable bonds is 6. The number of nitrogens with zero attached hydrogens (tertiary/aromatic N) is 5. The topological polar surface area (TPSA) is 87.4 Å². The Balaban J connectivity index is 0.00000272. The molecule has 8 nitrogen and oxygen atoms in total. The first kappa shape index (κ1) is 24.3. The number of aliphatic imine (C=N–C) groups is 1. The standard InChI is InChI=1S/C22H37N7O.HI/c1-23-22(25-18-12-15-28(16-18)21(30)17-8-4-5-9-17)24-13-7-11-20-27-26-19-10-3-2-6-14-29(19)20;/h17-18H,2-16H2,1H3,(H2,23,24,25);1H. The maximum atomic E-state index is 12.6. The van der Waals surface area contributed by atoms with Gasteiger partial charge in [0.15, 0.2) is 5.96 Å². The van der Waals surface area contributed by atoms with Gasteiger partial charge in [-0.2, -0.15) is 0 Å². The Morgan fingerprint density at radius 3 is 2.74 bits per heavy atom. The molecule has 1 atom stereocenters. The van der Waals surface area contributed by atoms with Crippen LogP contribution in [-0.4, -0.2) is 64.3 Å². The van der Waals surface area contributed by atoms with Crippen molar-refractivity contribution >= 4 is 35.8 Å². The number of carbonyl (C=O) groups excluding carboxylic acids is 1. The van der Waals surface area contributed by atoms with Crippen LogP contribution in [0.5, 0.6) is 0 Å². The van der Waals surface area contributed by atoms with Gasteiger partial charge in [0.2, 0.25) is 5.91 Å². The van der Waals surface area contributed by atoms with E-state index in [2.05, 4.69) is 35.3 Å². The summed E-state index contributed by atoms with van der Waals surface area (Å²) in [4.78, 5) is 19.1. The zero-order valence-corrected chi connectivity index (χ0v) is 21.1. The number of amides is 1. The largest absolute Gasteiger partial charge is 0.356 e. The van der Waals surface area contributed by atoms with Crippen molar-refractivity contribution in [1.29, 1.82) is 0 Å². The van der Waals surface area contributed by atoms with Gasteiger partial charge >= 0.3 is 0 Å². The van der Waals surface area contributed by atoms with E-state index in [1.807, 2.05) is 7.05 Å². The fourth-order valence-corrected chi connectivity index (χ4v) is 5.08. The molecule has 1 saturated heterocycles. The molecule has 0 spiro atoms.